The fourth-order valence-corrected chi connectivity index (χ4v) is 3.38. The third-order valence-corrected chi connectivity index (χ3v) is 4.58. The molecule has 1 aliphatic rings. The molecule has 0 radical (unpaired) electrons. The number of aromatic nitrogens is 2. The highest BCUT2D eigenvalue weighted by Crippen LogP contribution is 2.37. The molecular weight excluding hydrogens is 390 g/mol. The maximum Gasteiger partial charge on any atom is 0.435 e. The molecule has 5 nitrogen and oxygen atoms in total. The van der Waals surface area contributed by atoms with Gasteiger partial charge in [-0.15, -0.1) is 0 Å². The van der Waals surface area contributed by atoms with E-state index in [0.29, 0.717) is 33.8 Å². The fraction of sp³-hybridized carbons (Fsp3) is 0.200. The molecule has 0 unspecified atom stereocenters. The van der Waals surface area contributed by atoms with Crippen molar-refractivity contribution in [2.24, 2.45) is 0 Å². The predicted octanol–water partition coefficient (Wildman–Crippen LogP) is 4.64. The summed E-state index contributed by atoms with van der Waals surface area (Å²) in [5.41, 5.74) is 1.06. The second kappa shape index (κ2) is 6.61. The number of anilines is 1. The van der Waals surface area contributed by atoms with E-state index < -0.39 is 17.7 Å². The molecule has 3 aromatic rings. The van der Waals surface area contributed by atoms with E-state index in [2.05, 4.69) is 10.4 Å². The van der Waals surface area contributed by atoms with Crippen LogP contribution in [-0.4, -0.2) is 22.3 Å². The van der Waals surface area contributed by atoms with Crippen molar-refractivity contribution < 1.29 is 27.1 Å². The Bertz CT molecular complexity index is 1110. The highest BCUT2D eigenvalue weighted by Gasteiger charge is 2.35. The van der Waals surface area contributed by atoms with Crippen LogP contribution in [0.5, 0.6) is 5.75 Å². The molecule has 0 bridgehead atoms. The zero-order valence-corrected chi connectivity index (χ0v) is 15.4. The molecule has 1 N–H and O–H groups in total. The number of amides is 1. The summed E-state index contributed by atoms with van der Waals surface area (Å²) in [7, 11) is 0. The molecule has 150 valence electrons. The van der Waals surface area contributed by atoms with E-state index in [1.54, 1.807) is 26.0 Å². The third-order valence-electron chi connectivity index (χ3n) is 4.58. The van der Waals surface area contributed by atoms with E-state index in [4.69, 9.17) is 4.74 Å². The van der Waals surface area contributed by atoms with Gasteiger partial charge in [-0.05, 0) is 61.4 Å². The van der Waals surface area contributed by atoms with Gasteiger partial charge in [0.2, 0.25) is 0 Å². The number of carbonyl (C=O) groups excluding carboxylic acids is 1. The molecule has 4 rings (SSSR count). The van der Waals surface area contributed by atoms with Crippen LogP contribution in [0.15, 0.2) is 36.4 Å². The number of benzene rings is 2. The van der Waals surface area contributed by atoms with Crippen LogP contribution in [0.3, 0.4) is 0 Å². The van der Waals surface area contributed by atoms with Crippen molar-refractivity contribution in [1.29, 1.82) is 0 Å². The Labute approximate surface area is 162 Å². The quantitative estimate of drug-likeness (QED) is 0.632. The number of carbonyl (C=O) groups is 1. The summed E-state index contributed by atoms with van der Waals surface area (Å²) in [5.74, 6) is -0.420. The molecule has 0 fully saturated rings. The monoisotopic (exact) mass is 405 g/mol. The molecule has 9 heteroatoms. The van der Waals surface area contributed by atoms with Crippen molar-refractivity contribution in [1.82, 2.24) is 9.78 Å². The van der Waals surface area contributed by atoms with E-state index in [0.717, 1.165) is 10.7 Å². The number of hydrogen-bond donors (Lipinski definition) is 1. The molecule has 0 atom stereocenters. The van der Waals surface area contributed by atoms with Gasteiger partial charge in [0, 0.05) is 5.56 Å². The lowest BCUT2D eigenvalue weighted by molar-refractivity contribution is -0.141. The highest BCUT2D eigenvalue weighted by atomic mass is 19.4. The van der Waals surface area contributed by atoms with Crippen molar-refractivity contribution in [3.05, 3.63) is 59.0 Å². The molecule has 0 saturated carbocycles. The molecule has 2 heterocycles. The number of hydrogen-bond acceptors (Lipinski definition) is 3. The number of fused-ring (bicyclic) bond motifs is 1. The fourth-order valence-electron chi connectivity index (χ4n) is 3.38. The van der Waals surface area contributed by atoms with Crippen molar-refractivity contribution in [3.63, 3.8) is 0 Å². The number of nitrogens with one attached hydrogen (secondary N) is 1. The van der Waals surface area contributed by atoms with Crippen LogP contribution in [0.25, 0.3) is 16.9 Å². The Morgan fingerprint density at radius 2 is 1.79 bits per heavy atom. The van der Waals surface area contributed by atoms with Gasteiger partial charge >= 0.3 is 6.18 Å². The van der Waals surface area contributed by atoms with Crippen LogP contribution in [0, 0.1) is 19.7 Å². The number of nitrogens with zero attached hydrogens (tertiary/aromatic N) is 2. The van der Waals surface area contributed by atoms with Crippen molar-refractivity contribution in [2.45, 2.75) is 20.0 Å². The summed E-state index contributed by atoms with van der Waals surface area (Å²) in [6.45, 7) is 3.08. The van der Waals surface area contributed by atoms with E-state index >= 15 is 0 Å². The van der Waals surface area contributed by atoms with Crippen LogP contribution < -0.4 is 10.1 Å². The van der Waals surface area contributed by atoms with Gasteiger partial charge in [0.1, 0.15) is 11.6 Å². The summed E-state index contributed by atoms with van der Waals surface area (Å²) in [4.78, 5) is 11.6. The van der Waals surface area contributed by atoms with Gasteiger partial charge in [-0.1, -0.05) is 0 Å². The largest absolute Gasteiger partial charge is 0.482 e. The Morgan fingerprint density at radius 3 is 2.45 bits per heavy atom. The molecule has 1 amide bonds. The summed E-state index contributed by atoms with van der Waals surface area (Å²) in [6.07, 6.45) is -4.66. The second-order valence-electron chi connectivity index (χ2n) is 6.76. The lowest BCUT2D eigenvalue weighted by atomic mass is 10.1. The first kappa shape index (κ1) is 19.0. The lowest BCUT2D eigenvalue weighted by Crippen LogP contribution is -2.25. The summed E-state index contributed by atoms with van der Waals surface area (Å²) < 4.78 is 60.3. The van der Waals surface area contributed by atoms with Crippen LogP contribution in [0.2, 0.25) is 0 Å². The van der Waals surface area contributed by atoms with Crippen LogP contribution in [0.1, 0.15) is 16.8 Å². The van der Waals surface area contributed by atoms with Crippen molar-refractivity contribution in [3.8, 4) is 22.7 Å². The topological polar surface area (TPSA) is 56.2 Å². The van der Waals surface area contributed by atoms with Crippen molar-refractivity contribution in [2.75, 3.05) is 11.9 Å². The highest BCUT2D eigenvalue weighted by molar-refractivity contribution is 5.96. The van der Waals surface area contributed by atoms with Gasteiger partial charge < -0.3 is 10.1 Å². The SMILES string of the molecule is Cc1cc(F)cc(C)c1-n1nc(C(F)(F)F)cc1-c1ccc2c(c1)NC(=O)CO2. The van der Waals surface area contributed by atoms with E-state index in [1.165, 1.54) is 18.2 Å². The maximum absolute atomic E-state index is 13.7. The predicted molar refractivity (Wildman–Crippen MR) is 97.6 cm³/mol. The zero-order chi connectivity index (χ0) is 20.9. The average Bonchev–Trinajstić information content (AvgIpc) is 3.05. The van der Waals surface area contributed by atoms with Crippen LogP contribution >= 0.6 is 0 Å². The van der Waals surface area contributed by atoms with Gasteiger partial charge in [0.25, 0.3) is 5.91 Å². The average molecular weight is 405 g/mol. The Kier molecular flexibility index (Phi) is 4.33. The maximum atomic E-state index is 13.7. The summed E-state index contributed by atoms with van der Waals surface area (Å²) >= 11 is 0. The molecule has 29 heavy (non-hydrogen) atoms. The van der Waals surface area contributed by atoms with E-state index in [1.807, 2.05) is 0 Å². The number of alkyl halides is 3. The Hall–Kier alpha value is -3.36. The normalized spacial score (nSPS) is 13.7. The van der Waals surface area contributed by atoms with Gasteiger partial charge in [0.05, 0.1) is 17.1 Å². The minimum absolute atomic E-state index is 0.129. The molecule has 0 saturated heterocycles. The molecule has 2 aromatic carbocycles. The molecule has 0 aliphatic carbocycles. The third kappa shape index (κ3) is 3.43. The standard InChI is InChI=1S/C20H15F4N3O2/c1-10-5-13(21)6-11(2)19(10)27-15(8-17(26-27)20(22,23)24)12-3-4-16-14(7-12)25-18(28)9-29-16/h3-8H,9H2,1-2H3,(H,25,28). The first-order chi connectivity index (χ1) is 13.6. The number of rotatable bonds is 2. The zero-order valence-electron chi connectivity index (χ0n) is 15.4. The summed E-state index contributed by atoms with van der Waals surface area (Å²) in [6, 6.07) is 8.07. The first-order valence-electron chi connectivity index (χ1n) is 8.65. The van der Waals surface area contributed by atoms with E-state index in [-0.39, 0.29) is 18.2 Å². The number of halogens is 4. The van der Waals surface area contributed by atoms with Gasteiger partial charge in [0.15, 0.2) is 12.3 Å². The number of ether oxygens (including phenoxy) is 1. The summed E-state index contributed by atoms with van der Waals surface area (Å²) in [5, 5.41) is 6.39. The van der Waals surface area contributed by atoms with Gasteiger partial charge in [-0.2, -0.15) is 18.3 Å². The Balaban J connectivity index is 1.94. The molecule has 1 aliphatic heterocycles. The smallest absolute Gasteiger partial charge is 0.435 e. The Morgan fingerprint density at radius 1 is 1.10 bits per heavy atom. The molecule has 1 aromatic heterocycles. The van der Waals surface area contributed by atoms with Gasteiger partial charge in [-0.25, -0.2) is 9.07 Å². The minimum Gasteiger partial charge on any atom is -0.482 e. The van der Waals surface area contributed by atoms with Crippen molar-refractivity contribution >= 4 is 11.6 Å². The molecule has 0 spiro atoms. The molecular formula is C20H15F4N3O2. The first-order valence-corrected chi connectivity index (χ1v) is 8.65. The lowest BCUT2D eigenvalue weighted by Gasteiger charge is -2.19. The number of aryl methyl sites for hydroxylation is 2. The van der Waals surface area contributed by atoms with E-state index in [9.17, 15) is 22.4 Å². The minimum atomic E-state index is -4.66. The van der Waals surface area contributed by atoms with Crippen LogP contribution in [-0.2, 0) is 11.0 Å². The van der Waals surface area contributed by atoms with Crippen LogP contribution in [0.4, 0.5) is 23.2 Å². The van der Waals surface area contributed by atoms with Gasteiger partial charge in [-0.3, -0.25) is 4.79 Å². The second-order valence-corrected chi connectivity index (χ2v) is 6.76.